The van der Waals surface area contributed by atoms with Crippen LogP contribution in [0.4, 0.5) is 17.1 Å². The Morgan fingerprint density at radius 3 is 1.72 bits per heavy atom. The number of ether oxygens (including phenoxy) is 1. The lowest BCUT2D eigenvalue weighted by molar-refractivity contribution is 0.212. The standard InChI is InChI=1S/C56H31B2NO/c1-3-17-34-30(13-1)33-16-6-8-20-37(33)49-38(34)27-28-40-39-22-11-25-45-51(39)57(52(40)49)43-23-12-24-44-55(43)59(45)46-29-42-35-18-4-2-14-31(35)32-15-5-7-19-36(32)48(42)50-54(46)58(44)53-41-21-9-10-26-47(41)60-56(50)53/h1-29,41,47H. The van der Waals surface area contributed by atoms with E-state index < -0.39 is 0 Å². The van der Waals surface area contributed by atoms with Crippen LogP contribution in [0.2, 0.25) is 0 Å². The summed E-state index contributed by atoms with van der Waals surface area (Å²) < 4.78 is 7.24. The van der Waals surface area contributed by atoms with Crippen LogP contribution in [0.15, 0.2) is 181 Å². The van der Waals surface area contributed by atoms with Crippen molar-refractivity contribution in [2.75, 3.05) is 4.90 Å². The second-order valence-corrected chi connectivity index (χ2v) is 17.6. The van der Waals surface area contributed by atoms with E-state index in [9.17, 15) is 0 Å². The fourth-order valence-electron chi connectivity index (χ4n) is 13.1. The van der Waals surface area contributed by atoms with Crippen molar-refractivity contribution in [3.8, 4) is 11.1 Å². The molecule has 6 aliphatic rings. The Balaban J connectivity index is 1.07. The van der Waals surface area contributed by atoms with Crippen LogP contribution in [0.25, 0.3) is 81.5 Å². The highest BCUT2D eigenvalue weighted by molar-refractivity contribution is 7.05. The van der Waals surface area contributed by atoms with Crippen molar-refractivity contribution in [1.82, 2.24) is 0 Å². The fraction of sp³-hybridized carbons (Fsp3) is 0.0357. The van der Waals surface area contributed by atoms with E-state index in [1.807, 2.05) is 0 Å². The fourth-order valence-corrected chi connectivity index (χ4v) is 13.1. The molecule has 0 amide bonds. The van der Waals surface area contributed by atoms with Crippen LogP contribution < -0.4 is 32.2 Å². The number of fused-ring (bicyclic) bond motifs is 25. The molecule has 0 saturated heterocycles. The SMILES string of the molecule is C1=CC2OC3=C(B4c5cccc6c5N(c5cccc7c5B6c5c-7ccc6c7ccccc7c7ccccc7c56)c5cc6c7ccccc7c7ccccc7c6c3c54)C2C=C1. The number of benzene rings is 10. The van der Waals surface area contributed by atoms with Crippen LogP contribution >= 0.6 is 0 Å². The summed E-state index contributed by atoms with van der Waals surface area (Å²) in [7, 11) is 0. The molecule has 60 heavy (non-hydrogen) atoms. The number of hydrogen-bond acceptors (Lipinski definition) is 2. The Hall–Kier alpha value is -7.29. The van der Waals surface area contributed by atoms with Gasteiger partial charge >= 0.3 is 0 Å². The van der Waals surface area contributed by atoms with Gasteiger partial charge in [-0.05, 0) is 116 Å². The molecule has 5 aliphatic heterocycles. The van der Waals surface area contributed by atoms with Gasteiger partial charge in [-0.25, -0.2) is 0 Å². The van der Waals surface area contributed by atoms with Gasteiger partial charge in [0, 0.05) is 33.9 Å². The van der Waals surface area contributed by atoms with Crippen molar-refractivity contribution < 1.29 is 4.74 Å². The molecule has 5 heterocycles. The molecule has 0 fully saturated rings. The number of anilines is 3. The molecule has 2 nitrogen and oxygen atoms in total. The predicted octanol–water partition coefficient (Wildman–Crippen LogP) is 10.2. The summed E-state index contributed by atoms with van der Waals surface area (Å²) in [4.78, 5) is 2.68. The second-order valence-electron chi connectivity index (χ2n) is 17.6. The first kappa shape index (κ1) is 30.7. The lowest BCUT2D eigenvalue weighted by Crippen LogP contribution is -2.61. The first-order valence-electron chi connectivity index (χ1n) is 21.4. The van der Waals surface area contributed by atoms with E-state index in [0.717, 1.165) is 5.76 Å². The zero-order valence-corrected chi connectivity index (χ0v) is 32.4. The third-order valence-electron chi connectivity index (χ3n) is 15.2. The normalized spacial score (nSPS) is 18.2. The molecule has 4 heteroatoms. The summed E-state index contributed by atoms with van der Waals surface area (Å²) >= 11 is 0. The molecule has 10 aromatic rings. The van der Waals surface area contributed by atoms with Crippen LogP contribution in [0, 0.1) is 5.92 Å². The maximum atomic E-state index is 7.24. The van der Waals surface area contributed by atoms with Gasteiger partial charge in [-0.3, -0.25) is 0 Å². The molecule has 0 radical (unpaired) electrons. The highest BCUT2D eigenvalue weighted by Crippen LogP contribution is 2.54. The Kier molecular flexibility index (Phi) is 5.36. The van der Waals surface area contributed by atoms with Crippen LogP contribution in [0.3, 0.4) is 0 Å². The zero-order chi connectivity index (χ0) is 38.5. The quantitative estimate of drug-likeness (QED) is 0.113. The lowest BCUT2D eigenvalue weighted by atomic mass is 9.31. The molecule has 2 atom stereocenters. The molecule has 10 aromatic carbocycles. The summed E-state index contributed by atoms with van der Waals surface area (Å²) in [6, 6.07) is 57.9. The zero-order valence-electron chi connectivity index (χ0n) is 32.4. The van der Waals surface area contributed by atoms with Crippen molar-refractivity contribution in [2.45, 2.75) is 6.10 Å². The third-order valence-corrected chi connectivity index (χ3v) is 15.2. The Labute approximate surface area is 346 Å². The molecule has 272 valence electrons. The van der Waals surface area contributed by atoms with Crippen molar-refractivity contribution in [2.24, 2.45) is 5.92 Å². The molecule has 1 aliphatic carbocycles. The highest BCUT2D eigenvalue weighted by atomic mass is 16.5. The van der Waals surface area contributed by atoms with E-state index in [1.165, 1.54) is 131 Å². The number of hydrogen-bond donors (Lipinski definition) is 0. The van der Waals surface area contributed by atoms with Gasteiger partial charge in [-0.1, -0.05) is 163 Å². The summed E-state index contributed by atoms with van der Waals surface area (Å²) in [5.74, 6) is 1.27. The average molecular weight is 755 g/mol. The van der Waals surface area contributed by atoms with Gasteiger partial charge in [0.2, 0.25) is 13.4 Å². The summed E-state index contributed by atoms with van der Waals surface area (Å²) in [6.45, 7) is 0.178. The van der Waals surface area contributed by atoms with Crippen LogP contribution in [0.5, 0.6) is 0 Å². The van der Waals surface area contributed by atoms with E-state index in [1.54, 1.807) is 0 Å². The van der Waals surface area contributed by atoms with Crippen molar-refractivity contribution >= 4 is 128 Å². The number of nitrogens with zero attached hydrogens (tertiary/aromatic N) is 1. The van der Waals surface area contributed by atoms with Crippen LogP contribution in [0.1, 0.15) is 5.56 Å². The van der Waals surface area contributed by atoms with Crippen LogP contribution in [-0.4, -0.2) is 19.5 Å². The van der Waals surface area contributed by atoms with Crippen molar-refractivity contribution in [3.05, 3.63) is 187 Å². The van der Waals surface area contributed by atoms with Gasteiger partial charge in [0.25, 0.3) is 0 Å². The Bertz CT molecular complexity index is 3820. The molecular weight excluding hydrogens is 724 g/mol. The number of allylic oxidation sites excluding steroid dienone is 2. The molecule has 0 bridgehead atoms. The van der Waals surface area contributed by atoms with E-state index >= 15 is 0 Å². The minimum atomic E-state index is -0.00407. The molecule has 2 unspecified atom stereocenters. The van der Waals surface area contributed by atoms with Gasteiger partial charge < -0.3 is 9.64 Å². The van der Waals surface area contributed by atoms with Gasteiger partial charge in [-0.15, -0.1) is 0 Å². The monoisotopic (exact) mass is 755 g/mol. The summed E-state index contributed by atoms with van der Waals surface area (Å²) in [6.07, 6.45) is 9.05. The molecule has 16 rings (SSSR count). The van der Waals surface area contributed by atoms with E-state index in [-0.39, 0.29) is 25.4 Å². The topological polar surface area (TPSA) is 12.5 Å². The average Bonchev–Trinajstić information content (AvgIpc) is 3.97. The van der Waals surface area contributed by atoms with Gasteiger partial charge in [0.15, 0.2) is 0 Å². The summed E-state index contributed by atoms with van der Waals surface area (Å²) in [5.41, 5.74) is 16.4. The molecule has 0 aromatic heterocycles. The number of para-hydroxylation sites is 1. The maximum Gasteiger partial charge on any atom is 0.249 e. The van der Waals surface area contributed by atoms with Gasteiger partial charge in [0.1, 0.15) is 11.9 Å². The molecular formula is C56H31B2NO. The van der Waals surface area contributed by atoms with Crippen molar-refractivity contribution in [1.29, 1.82) is 0 Å². The first-order valence-corrected chi connectivity index (χ1v) is 21.4. The highest BCUT2D eigenvalue weighted by Gasteiger charge is 2.55. The third kappa shape index (κ3) is 3.37. The molecule has 0 spiro atoms. The molecule has 0 saturated carbocycles. The van der Waals surface area contributed by atoms with Crippen LogP contribution in [-0.2, 0) is 4.74 Å². The second kappa shape index (κ2) is 10.5. The predicted molar refractivity (Wildman–Crippen MR) is 255 cm³/mol. The summed E-state index contributed by atoms with van der Waals surface area (Å²) in [5, 5.41) is 15.8. The van der Waals surface area contributed by atoms with Gasteiger partial charge in [-0.2, -0.15) is 0 Å². The minimum absolute atomic E-state index is 0.00407. The maximum absolute atomic E-state index is 7.24. The number of rotatable bonds is 0. The molecule has 0 N–H and O–H groups in total. The van der Waals surface area contributed by atoms with Gasteiger partial charge in [0.05, 0.1) is 0 Å². The Morgan fingerprint density at radius 2 is 1.00 bits per heavy atom. The van der Waals surface area contributed by atoms with E-state index in [2.05, 4.69) is 181 Å². The van der Waals surface area contributed by atoms with E-state index in [0.29, 0.717) is 0 Å². The largest absolute Gasteiger partial charge is 0.486 e. The Morgan fingerprint density at radius 1 is 0.433 bits per heavy atom. The smallest absolute Gasteiger partial charge is 0.249 e. The minimum Gasteiger partial charge on any atom is -0.486 e. The van der Waals surface area contributed by atoms with E-state index in [4.69, 9.17) is 4.74 Å². The first-order chi connectivity index (χ1) is 29.8. The lowest BCUT2D eigenvalue weighted by Gasteiger charge is -2.43. The van der Waals surface area contributed by atoms with Crippen molar-refractivity contribution in [3.63, 3.8) is 0 Å².